The van der Waals surface area contributed by atoms with Gasteiger partial charge in [0, 0.05) is 17.3 Å². The minimum Gasteiger partial charge on any atom is -0.347 e. The van der Waals surface area contributed by atoms with E-state index >= 15 is 0 Å². The monoisotopic (exact) mass is 957 g/mol. The number of aromatic nitrogens is 2. The van der Waals surface area contributed by atoms with Gasteiger partial charge in [0.25, 0.3) is 0 Å². The van der Waals surface area contributed by atoms with Crippen LogP contribution in [0, 0.1) is 12.1 Å². The largest absolute Gasteiger partial charge is 2.00 e. The summed E-state index contributed by atoms with van der Waals surface area (Å²) in [4.78, 5) is 9.95. The summed E-state index contributed by atoms with van der Waals surface area (Å²) in [6, 6.07) is 68.7. The molecule has 5 heteroatoms. The van der Waals surface area contributed by atoms with E-state index in [-0.39, 0.29) is 26.6 Å². The van der Waals surface area contributed by atoms with Crippen LogP contribution in [0.1, 0.15) is 45.7 Å². The van der Waals surface area contributed by atoms with Gasteiger partial charge in [-0.1, -0.05) is 134 Å². The minimum absolute atomic E-state index is 0. The van der Waals surface area contributed by atoms with E-state index in [4.69, 9.17) is 4.98 Å². The molecular weight excluding hydrogens is 912 g/mol. The number of rotatable bonds is 7. The van der Waals surface area contributed by atoms with Crippen molar-refractivity contribution in [1.29, 1.82) is 0 Å². The first-order chi connectivity index (χ1) is 28.7. The number of hydrogen-bond donors (Lipinski definition) is 0. The zero-order chi connectivity index (χ0) is 40.3. The van der Waals surface area contributed by atoms with E-state index in [0.717, 1.165) is 51.3 Å². The number of fused-ring (bicyclic) bond motifs is 4. The molecule has 0 saturated carbocycles. The van der Waals surface area contributed by atoms with E-state index in [2.05, 4.69) is 231 Å². The standard InChI is InChI=1S/C55H46N4.Pt/c1-54(2,3)58-37-57(49-28-14-15-29-50(49)58)43-23-16-22-41(35-43)55(4,5)42-30-31-47-46-24-12-13-27-48(46)59(51(47)36-42)52-34-40(32-33-56-52)53-44(38-18-8-6-9-19-38)25-17-26-45(53)39-20-10-7-11-21-39;/h6-34H,37H2,1-5H3;/q-2;+2. The van der Waals surface area contributed by atoms with Crippen LogP contribution in [0.15, 0.2) is 176 Å². The molecule has 1 aliphatic heterocycles. The van der Waals surface area contributed by atoms with Gasteiger partial charge < -0.3 is 14.4 Å². The molecule has 60 heavy (non-hydrogen) atoms. The van der Waals surface area contributed by atoms with Crippen LogP contribution in [0.5, 0.6) is 0 Å². The first kappa shape index (κ1) is 39.3. The van der Waals surface area contributed by atoms with Crippen molar-refractivity contribution in [3.05, 3.63) is 199 Å². The van der Waals surface area contributed by atoms with E-state index in [9.17, 15) is 0 Å². The van der Waals surface area contributed by atoms with Crippen LogP contribution < -0.4 is 9.80 Å². The summed E-state index contributed by atoms with van der Waals surface area (Å²) in [5.41, 5.74) is 14.4. The fraction of sp³-hybridized carbons (Fsp3) is 0.145. The van der Waals surface area contributed by atoms with E-state index < -0.39 is 5.41 Å². The Morgan fingerprint density at radius 1 is 0.533 bits per heavy atom. The topological polar surface area (TPSA) is 24.3 Å². The molecule has 0 bridgehead atoms. The molecule has 0 unspecified atom stereocenters. The summed E-state index contributed by atoms with van der Waals surface area (Å²) in [6.07, 6.45) is 1.95. The second kappa shape index (κ2) is 15.4. The minimum atomic E-state index is -0.400. The number of anilines is 3. The van der Waals surface area contributed by atoms with Crippen molar-refractivity contribution in [3.8, 4) is 39.2 Å². The zero-order valence-electron chi connectivity index (χ0n) is 34.6. The maximum Gasteiger partial charge on any atom is 2.00 e. The predicted molar refractivity (Wildman–Crippen MR) is 247 cm³/mol. The second-order valence-electron chi connectivity index (χ2n) is 17.1. The van der Waals surface area contributed by atoms with Gasteiger partial charge in [0.2, 0.25) is 0 Å². The van der Waals surface area contributed by atoms with Crippen LogP contribution in [0.2, 0.25) is 0 Å². The summed E-state index contributed by atoms with van der Waals surface area (Å²) < 4.78 is 2.30. The van der Waals surface area contributed by atoms with Crippen LogP contribution in [-0.4, -0.2) is 21.8 Å². The maximum absolute atomic E-state index is 5.09. The Bertz CT molecular complexity index is 2940. The molecule has 3 heterocycles. The van der Waals surface area contributed by atoms with Gasteiger partial charge in [-0.3, -0.25) is 0 Å². The van der Waals surface area contributed by atoms with Gasteiger partial charge >= 0.3 is 21.1 Å². The van der Waals surface area contributed by atoms with Gasteiger partial charge in [0.15, 0.2) is 0 Å². The number of nitrogens with zero attached hydrogens (tertiary/aromatic N) is 4. The normalized spacial score (nSPS) is 12.8. The molecule has 296 valence electrons. The van der Waals surface area contributed by atoms with Gasteiger partial charge in [-0.15, -0.1) is 11.5 Å². The molecule has 9 aromatic rings. The molecule has 0 spiro atoms. The molecule has 0 amide bonds. The SMILES string of the molecule is CC(C)(c1[c-]c(N2CN(C(C)(C)C)c3ccccc32)ccc1)c1[c-]c2c(cc1)c1ccccc1n2-c1cc(-c2c(-c3ccccc3)cccc2-c2ccccc2)ccn1.[Pt+2]. The van der Waals surface area contributed by atoms with Crippen LogP contribution in [0.25, 0.3) is 61.0 Å². The average molecular weight is 958 g/mol. The fourth-order valence-electron chi connectivity index (χ4n) is 8.89. The van der Waals surface area contributed by atoms with Crippen molar-refractivity contribution in [2.45, 2.75) is 45.6 Å². The first-order valence-electron chi connectivity index (χ1n) is 20.5. The van der Waals surface area contributed by atoms with Crippen LogP contribution >= 0.6 is 0 Å². The Morgan fingerprint density at radius 2 is 1.15 bits per heavy atom. The van der Waals surface area contributed by atoms with Gasteiger partial charge in [-0.25, -0.2) is 4.98 Å². The van der Waals surface area contributed by atoms with E-state index in [0.29, 0.717) is 0 Å². The second-order valence-corrected chi connectivity index (χ2v) is 17.1. The molecular formula is C55H46N4Pt. The van der Waals surface area contributed by atoms with Crippen molar-refractivity contribution in [1.82, 2.24) is 9.55 Å². The first-order valence-corrected chi connectivity index (χ1v) is 20.5. The summed E-state index contributed by atoms with van der Waals surface area (Å²) in [5.74, 6) is 0.853. The fourth-order valence-corrected chi connectivity index (χ4v) is 8.89. The van der Waals surface area contributed by atoms with Crippen molar-refractivity contribution in [3.63, 3.8) is 0 Å². The summed E-state index contributed by atoms with van der Waals surface area (Å²) in [5, 5.41) is 2.32. The van der Waals surface area contributed by atoms with Gasteiger partial charge in [0.1, 0.15) is 5.82 Å². The van der Waals surface area contributed by atoms with Crippen LogP contribution in [0.3, 0.4) is 0 Å². The molecule has 4 nitrogen and oxygen atoms in total. The third-order valence-electron chi connectivity index (χ3n) is 12.1. The molecule has 0 saturated heterocycles. The molecule has 10 rings (SSSR count). The molecule has 0 radical (unpaired) electrons. The third-order valence-corrected chi connectivity index (χ3v) is 12.1. The number of para-hydroxylation sites is 3. The van der Waals surface area contributed by atoms with Crippen LogP contribution in [0.4, 0.5) is 17.1 Å². The zero-order valence-corrected chi connectivity index (χ0v) is 36.8. The van der Waals surface area contributed by atoms with Gasteiger partial charge in [-0.05, 0) is 95.3 Å². The Balaban J connectivity index is 0.00000462. The number of hydrogen-bond acceptors (Lipinski definition) is 3. The molecule has 1 aliphatic rings. The Kier molecular flexibility index (Phi) is 10.1. The average Bonchev–Trinajstić information content (AvgIpc) is 3.84. The molecule has 2 aromatic heterocycles. The summed E-state index contributed by atoms with van der Waals surface area (Å²) in [6.45, 7) is 12.2. The molecule has 7 aromatic carbocycles. The maximum atomic E-state index is 5.09. The summed E-state index contributed by atoms with van der Waals surface area (Å²) >= 11 is 0. The van der Waals surface area contributed by atoms with E-state index in [1.54, 1.807) is 0 Å². The molecule has 0 atom stereocenters. The van der Waals surface area contributed by atoms with Gasteiger partial charge in [-0.2, -0.15) is 47.5 Å². The van der Waals surface area contributed by atoms with Crippen molar-refractivity contribution in [2.75, 3.05) is 16.5 Å². The van der Waals surface area contributed by atoms with Gasteiger partial charge in [0.05, 0.1) is 18.0 Å². The van der Waals surface area contributed by atoms with Crippen molar-refractivity contribution in [2.24, 2.45) is 0 Å². The van der Waals surface area contributed by atoms with Crippen molar-refractivity contribution >= 4 is 38.9 Å². The van der Waals surface area contributed by atoms with E-state index in [1.807, 2.05) is 6.20 Å². The quantitative estimate of drug-likeness (QED) is 0.149. The van der Waals surface area contributed by atoms with Crippen molar-refractivity contribution < 1.29 is 21.1 Å². The number of benzene rings is 7. The van der Waals surface area contributed by atoms with E-state index in [1.165, 1.54) is 44.6 Å². The molecule has 0 N–H and O–H groups in total. The molecule has 0 fully saturated rings. The Hall–Kier alpha value is -6.22. The number of pyridine rings is 1. The Morgan fingerprint density at radius 3 is 1.85 bits per heavy atom. The van der Waals surface area contributed by atoms with Crippen LogP contribution in [-0.2, 0) is 26.5 Å². The predicted octanol–water partition coefficient (Wildman–Crippen LogP) is 13.8. The Labute approximate surface area is 368 Å². The third kappa shape index (κ3) is 6.74. The molecule has 0 aliphatic carbocycles. The summed E-state index contributed by atoms with van der Waals surface area (Å²) in [7, 11) is 0. The smallest absolute Gasteiger partial charge is 0.347 e.